The Balaban J connectivity index is 3.12. The first-order chi connectivity index (χ1) is 6.43. The van der Waals surface area contributed by atoms with E-state index in [0.29, 0.717) is 10.0 Å². The lowest BCUT2D eigenvalue weighted by molar-refractivity contribution is 0.153. The summed E-state index contributed by atoms with van der Waals surface area (Å²) in [6, 6.07) is 2.97. The van der Waals surface area contributed by atoms with Crippen LogP contribution in [0.3, 0.4) is 0 Å². The molecule has 0 aliphatic rings. The van der Waals surface area contributed by atoms with Gasteiger partial charge in [-0.1, -0.05) is 6.07 Å². The largest absolute Gasteiger partial charge is 0.507 e. The Morgan fingerprint density at radius 3 is 2.43 bits per heavy atom. The van der Waals surface area contributed by atoms with E-state index in [1.54, 1.807) is 13.0 Å². The molecule has 3 nitrogen and oxygen atoms in total. The summed E-state index contributed by atoms with van der Waals surface area (Å²) < 4.78 is 0.651. The van der Waals surface area contributed by atoms with Gasteiger partial charge >= 0.3 is 0 Å². The second kappa shape index (κ2) is 4.29. The molecule has 2 atom stereocenters. The molecule has 2 unspecified atom stereocenters. The Morgan fingerprint density at radius 1 is 1.43 bits per heavy atom. The van der Waals surface area contributed by atoms with Crippen molar-refractivity contribution in [3.8, 4) is 5.75 Å². The number of nitrogens with two attached hydrogens (primary N) is 1. The van der Waals surface area contributed by atoms with E-state index in [1.165, 1.54) is 6.07 Å². The predicted octanol–water partition coefficient (Wildman–Crippen LogP) is 1.84. The van der Waals surface area contributed by atoms with Crippen LogP contribution in [-0.2, 0) is 0 Å². The number of phenolic OH excluding ortho intramolecular Hbond substituents is 1. The normalized spacial score (nSPS) is 15.2. The second-order valence-electron chi connectivity index (χ2n) is 3.47. The number of phenols is 1. The van der Waals surface area contributed by atoms with Crippen molar-refractivity contribution in [1.29, 1.82) is 0 Å². The van der Waals surface area contributed by atoms with Gasteiger partial charge in [-0.2, -0.15) is 0 Å². The Hall–Kier alpha value is -0.580. The first-order valence-corrected chi connectivity index (χ1v) is 5.15. The minimum atomic E-state index is -0.743. The van der Waals surface area contributed by atoms with Crippen molar-refractivity contribution in [1.82, 2.24) is 0 Å². The van der Waals surface area contributed by atoms with Gasteiger partial charge in [-0.3, -0.25) is 0 Å². The molecule has 1 rings (SSSR count). The molecule has 4 heteroatoms. The van der Waals surface area contributed by atoms with E-state index in [4.69, 9.17) is 5.73 Å². The molecule has 0 amide bonds. The van der Waals surface area contributed by atoms with Crippen molar-refractivity contribution >= 4 is 15.9 Å². The molecule has 0 heterocycles. The van der Waals surface area contributed by atoms with E-state index in [9.17, 15) is 10.2 Å². The SMILES string of the molecule is Cc1cc(C(O)C(C)N)cc(O)c1Br. The topological polar surface area (TPSA) is 66.5 Å². The van der Waals surface area contributed by atoms with Gasteiger partial charge < -0.3 is 15.9 Å². The lowest BCUT2D eigenvalue weighted by Gasteiger charge is -2.16. The Kier molecular flexibility index (Phi) is 3.53. The van der Waals surface area contributed by atoms with E-state index >= 15 is 0 Å². The maximum atomic E-state index is 9.69. The fourth-order valence-electron chi connectivity index (χ4n) is 1.25. The first kappa shape index (κ1) is 11.5. The predicted molar refractivity (Wildman–Crippen MR) is 59.2 cm³/mol. The molecule has 0 aliphatic carbocycles. The molecule has 0 radical (unpaired) electrons. The van der Waals surface area contributed by atoms with Crippen molar-refractivity contribution in [3.05, 3.63) is 27.7 Å². The summed E-state index contributed by atoms with van der Waals surface area (Å²) in [6.07, 6.45) is -0.743. The van der Waals surface area contributed by atoms with E-state index in [-0.39, 0.29) is 11.8 Å². The monoisotopic (exact) mass is 259 g/mol. The van der Waals surface area contributed by atoms with Crippen LogP contribution in [0.25, 0.3) is 0 Å². The lowest BCUT2D eigenvalue weighted by Crippen LogP contribution is -2.24. The summed E-state index contributed by atoms with van der Waals surface area (Å²) in [6.45, 7) is 3.57. The number of halogens is 1. The minimum absolute atomic E-state index is 0.125. The van der Waals surface area contributed by atoms with Crippen LogP contribution >= 0.6 is 15.9 Å². The fraction of sp³-hybridized carbons (Fsp3) is 0.400. The van der Waals surface area contributed by atoms with Gasteiger partial charge in [-0.05, 0) is 47.0 Å². The maximum absolute atomic E-state index is 9.69. The number of hydrogen-bond donors (Lipinski definition) is 3. The van der Waals surface area contributed by atoms with Gasteiger partial charge in [-0.25, -0.2) is 0 Å². The van der Waals surface area contributed by atoms with E-state index in [2.05, 4.69) is 15.9 Å². The van der Waals surface area contributed by atoms with Crippen molar-refractivity contribution < 1.29 is 10.2 Å². The van der Waals surface area contributed by atoms with Crippen molar-refractivity contribution in [2.75, 3.05) is 0 Å². The zero-order chi connectivity index (χ0) is 10.9. The molecule has 1 aromatic rings. The quantitative estimate of drug-likeness (QED) is 0.760. The number of hydrogen-bond acceptors (Lipinski definition) is 3. The smallest absolute Gasteiger partial charge is 0.130 e. The highest BCUT2D eigenvalue weighted by Gasteiger charge is 2.15. The van der Waals surface area contributed by atoms with Gasteiger partial charge in [-0.15, -0.1) is 0 Å². The highest BCUT2D eigenvalue weighted by molar-refractivity contribution is 9.10. The third-order valence-corrected chi connectivity index (χ3v) is 3.13. The van der Waals surface area contributed by atoms with Gasteiger partial charge in [0.15, 0.2) is 0 Å². The molecule has 4 N–H and O–H groups in total. The molecule has 78 valence electrons. The average Bonchev–Trinajstić information content (AvgIpc) is 2.12. The van der Waals surface area contributed by atoms with Crippen LogP contribution in [0, 0.1) is 6.92 Å². The average molecular weight is 260 g/mol. The number of rotatable bonds is 2. The van der Waals surface area contributed by atoms with Crippen LogP contribution in [0.2, 0.25) is 0 Å². The van der Waals surface area contributed by atoms with E-state index in [0.717, 1.165) is 5.56 Å². The third kappa shape index (κ3) is 2.26. The number of aliphatic hydroxyl groups excluding tert-OH is 1. The van der Waals surface area contributed by atoms with Crippen molar-refractivity contribution in [3.63, 3.8) is 0 Å². The zero-order valence-electron chi connectivity index (χ0n) is 8.16. The molecule has 1 aromatic carbocycles. The van der Waals surface area contributed by atoms with Crippen LogP contribution in [0.15, 0.2) is 16.6 Å². The minimum Gasteiger partial charge on any atom is -0.507 e. The summed E-state index contributed by atoms with van der Waals surface area (Å²) in [7, 11) is 0. The second-order valence-corrected chi connectivity index (χ2v) is 4.27. The zero-order valence-corrected chi connectivity index (χ0v) is 9.75. The van der Waals surface area contributed by atoms with Crippen molar-refractivity contribution in [2.24, 2.45) is 5.73 Å². The molecule has 0 aromatic heterocycles. The number of aliphatic hydroxyl groups is 1. The summed E-state index contributed by atoms with van der Waals surface area (Å²) in [5.74, 6) is 0.125. The molecule has 0 saturated heterocycles. The molecule has 0 bridgehead atoms. The van der Waals surface area contributed by atoms with Gasteiger partial charge in [0.1, 0.15) is 5.75 Å². The number of aromatic hydroxyl groups is 1. The van der Waals surface area contributed by atoms with E-state index < -0.39 is 6.10 Å². The molecule has 0 fully saturated rings. The molecule has 0 spiro atoms. The Bertz CT molecular complexity index is 316. The lowest BCUT2D eigenvalue weighted by atomic mass is 10.0. The molecular formula is C10H14BrNO2. The Morgan fingerprint density at radius 2 is 2.00 bits per heavy atom. The summed E-state index contributed by atoms with van der Waals surface area (Å²) in [4.78, 5) is 0. The maximum Gasteiger partial charge on any atom is 0.130 e. The Labute approximate surface area is 91.7 Å². The molecule has 14 heavy (non-hydrogen) atoms. The summed E-state index contributed by atoms with van der Waals surface area (Å²) >= 11 is 3.24. The fourth-order valence-corrected chi connectivity index (χ4v) is 1.48. The molecule has 0 saturated carbocycles. The summed E-state index contributed by atoms with van der Waals surface area (Å²) in [5.41, 5.74) is 7.07. The van der Waals surface area contributed by atoms with Gasteiger partial charge in [0.05, 0.1) is 10.6 Å². The molecule has 0 aliphatic heterocycles. The summed E-state index contributed by atoms with van der Waals surface area (Å²) in [5, 5.41) is 19.2. The first-order valence-electron chi connectivity index (χ1n) is 4.36. The number of benzene rings is 1. The highest BCUT2D eigenvalue weighted by Crippen LogP contribution is 2.31. The van der Waals surface area contributed by atoms with Gasteiger partial charge in [0.2, 0.25) is 0 Å². The standard InChI is InChI=1S/C10H14BrNO2/c1-5-3-7(10(14)6(2)12)4-8(13)9(5)11/h3-4,6,10,13-14H,12H2,1-2H3. The third-order valence-electron chi connectivity index (χ3n) is 2.10. The number of aryl methyl sites for hydroxylation is 1. The van der Waals surface area contributed by atoms with Crippen LogP contribution in [0.5, 0.6) is 5.75 Å². The van der Waals surface area contributed by atoms with Gasteiger partial charge in [0, 0.05) is 6.04 Å². The van der Waals surface area contributed by atoms with Gasteiger partial charge in [0.25, 0.3) is 0 Å². The molecular weight excluding hydrogens is 246 g/mol. The van der Waals surface area contributed by atoms with Crippen LogP contribution in [-0.4, -0.2) is 16.3 Å². The van der Waals surface area contributed by atoms with Crippen molar-refractivity contribution in [2.45, 2.75) is 26.0 Å². The van der Waals surface area contributed by atoms with E-state index in [1.807, 2.05) is 6.92 Å². The van der Waals surface area contributed by atoms with Crippen LogP contribution in [0.4, 0.5) is 0 Å². The van der Waals surface area contributed by atoms with Crippen LogP contribution < -0.4 is 5.73 Å². The van der Waals surface area contributed by atoms with Crippen LogP contribution in [0.1, 0.15) is 24.2 Å². The highest BCUT2D eigenvalue weighted by atomic mass is 79.9.